The van der Waals surface area contributed by atoms with Crippen molar-refractivity contribution in [2.75, 3.05) is 5.32 Å². The minimum absolute atomic E-state index is 0.360. The summed E-state index contributed by atoms with van der Waals surface area (Å²) in [6.07, 6.45) is -4.57. The highest BCUT2D eigenvalue weighted by atomic mass is 19.4. The zero-order valence-electron chi connectivity index (χ0n) is 12.2. The Kier molecular flexibility index (Phi) is 4.86. The highest BCUT2D eigenvalue weighted by molar-refractivity contribution is 5.84. The maximum absolute atomic E-state index is 13.6. The van der Waals surface area contributed by atoms with Crippen LogP contribution in [0.5, 0.6) is 0 Å². The van der Waals surface area contributed by atoms with Gasteiger partial charge in [0.15, 0.2) is 0 Å². The second-order valence-corrected chi connectivity index (χ2v) is 5.80. The first kappa shape index (κ1) is 17.3. The van der Waals surface area contributed by atoms with Crippen LogP contribution in [0.15, 0.2) is 18.2 Å². The molecule has 0 bridgehead atoms. The van der Waals surface area contributed by atoms with Crippen LogP contribution >= 0.6 is 0 Å². The average molecular weight is 306 g/mol. The molecule has 0 aliphatic carbocycles. The van der Waals surface area contributed by atoms with Crippen molar-refractivity contribution in [3.8, 4) is 0 Å². The van der Waals surface area contributed by atoms with Gasteiger partial charge in [-0.15, -0.1) is 0 Å². The summed E-state index contributed by atoms with van der Waals surface area (Å²) in [7, 11) is 0. The molecule has 0 aliphatic rings. The van der Waals surface area contributed by atoms with Gasteiger partial charge < -0.3 is 10.6 Å². The molecule has 0 fully saturated rings. The minimum Gasteiger partial charge on any atom is -0.372 e. The Hall–Kier alpha value is -1.79. The molecule has 2 N–H and O–H groups in total. The number of alkyl halides is 3. The fourth-order valence-corrected chi connectivity index (χ4v) is 1.59. The van der Waals surface area contributed by atoms with Crippen LogP contribution in [0.1, 0.15) is 33.3 Å². The predicted molar refractivity (Wildman–Crippen MR) is 72.4 cm³/mol. The van der Waals surface area contributed by atoms with E-state index in [0.717, 1.165) is 6.07 Å². The van der Waals surface area contributed by atoms with Crippen molar-refractivity contribution in [1.82, 2.24) is 5.32 Å². The second-order valence-electron chi connectivity index (χ2n) is 5.80. The molecule has 1 atom stereocenters. The van der Waals surface area contributed by atoms with Crippen LogP contribution in [0.2, 0.25) is 0 Å². The first-order chi connectivity index (χ1) is 9.40. The zero-order chi connectivity index (χ0) is 16.4. The molecule has 0 aromatic heterocycles. The normalized spacial score (nSPS) is 13.7. The van der Waals surface area contributed by atoms with E-state index in [0.29, 0.717) is 12.1 Å². The van der Waals surface area contributed by atoms with Gasteiger partial charge in [-0.3, -0.25) is 4.79 Å². The summed E-state index contributed by atoms with van der Waals surface area (Å²) in [5, 5.41) is 5.12. The summed E-state index contributed by atoms with van der Waals surface area (Å²) in [6.45, 7) is 6.74. The fourth-order valence-electron chi connectivity index (χ4n) is 1.59. The van der Waals surface area contributed by atoms with Crippen LogP contribution in [-0.2, 0) is 11.0 Å². The molecule has 0 saturated carbocycles. The number of nitrogens with one attached hydrogen (secondary N) is 2. The van der Waals surface area contributed by atoms with E-state index in [1.807, 2.05) is 0 Å². The van der Waals surface area contributed by atoms with Gasteiger partial charge in [0.2, 0.25) is 5.91 Å². The Labute approximate surface area is 120 Å². The van der Waals surface area contributed by atoms with Crippen LogP contribution in [0.4, 0.5) is 23.2 Å². The van der Waals surface area contributed by atoms with Crippen molar-refractivity contribution < 1.29 is 22.4 Å². The maximum atomic E-state index is 13.6. The Morgan fingerprint density at radius 3 is 2.24 bits per heavy atom. The van der Waals surface area contributed by atoms with Gasteiger partial charge in [0.05, 0.1) is 11.3 Å². The number of carbonyl (C=O) groups is 1. The monoisotopic (exact) mass is 306 g/mol. The first-order valence-electron chi connectivity index (χ1n) is 6.35. The number of benzene rings is 1. The van der Waals surface area contributed by atoms with Gasteiger partial charge in [-0.2, -0.15) is 13.2 Å². The topological polar surface area (TPSA) is 41.1 Å². The summed E-state index contributed by atoms with van der Waals surface area (Å²) in [6, 6.07) is 1.15. The van der Waals surface area contributed by atoms with E-state index in [1.165, 1.54) is 6.92 Å². The third kappa shape index (κ3) is 5.24. The van der Waals surface area contributed by atoms with Crippen molar-refractivity contribution in [1.29, 1.82) is 0 Å². The van der Waals surface area contributed by atoms with Crippen LogP contribution in [0.25, 0.3) is 0 Å². The van der Waals surface area contributed by atoms with Gasteiger partial charge in [0, 0.05) is 5.54 Å². The number of rotatable bonds is 3. The number of hydrogen-bond donors (Lipinski definition) is 2. The summed E-state index contributed by atoms with van der Waals surface area (Å²) >= 11 is 0. The van der Waals surface area contributed by atoms with Crippen molar-refractivity contribution in [2.24, 2.45) is 0 Å². The Morgan fingerprint density at radius 2 is 1.76 bits per heavy atom. The van der Waals surface area contributed by atoms with E-state index >= 15 is 0 Å². The summed E-state index contributed by atoms with van der Waals surface area (Å²) in [4.78, 5) is 11.8. The van der Waals surface area contributed by atoms with E-state index < -0.39 is 35.0 Å². The fraction of sp³-hybridized carbons (Fsp3) is 0.500. The molecular weight excluding hydrogens is 288 g/mol. The lowest BCUT2D eigenvalue weighted by Crippen LogP contribution is -2.47. The lowest BCUT2D eigenvalue weighted by molar-refractivity contribution is -0.137. The molecule has 0 spiro atoms. The van der Waals surface area contributed by atoms with Crippen molar-refractivity contribution in [3.63, 3.8) is 0 Å². The van der Waals surface area contributed by atoms with E-state index in [-0.39, 0.29) is 5.69 Å². The third-order valence-corrected chi connectivity index (χ3v) is 2.56. The van der Waals surface area contributed by atoms with Gasteiger partial charge in [-0.25, -0.2) is 4.39 Å². The van der Waals surface area contributed by atoms with Crippen molar-refractivity contribution in [2.45, 2.75) is 45.5 Å². The molecule has 0 aliphatic heterocycles. The number of anilines is 1. The molecule has 1 rings (SSSR count). The molecule has 118 valence electrons. The molecule has 1 aromatic carbocycles. The van der Waals surface area contributed by atoms with Crippen molar-refractivity contribution >= 4 is 11.6 Å². The number of hydrogen-bond acceptors (Lipinski definition) is 2. The molecule has 0 radical (unpaired) electrons. The van der Waals surface area contributed by atoms with Crippen LogP contribution in [-0.4, -0.2) is 17.5 Å². The molecule has 0 heterocycles. The smallest absolute Gasteiger partial charge is 0.372 e. The highest BCUT2D eigenvalue weighted by Gasteiger charge is 2.31. The Balaban J connectivity index is 2.90. The summed E-state index contributed by atoms with van der Waals surface area (Å²) in [5.74, 6) is -1.28. The van der Waals surface area contributed by atoms with Gasteiger partial charge in [0.1, 0.15) is 11.9 Å². The highest BCUT2D eigenvalue weighted by Crippen LogP contribution is 2.31. The van der Waals surface area contributed by atoms with Crippen LogP contribution in [0.3, 0.4) is 0 Å². The van der Waals surface area contributed by atoms with Gasteiger partial charge in [-0.1, -0.05) is 0 Å². The second kappa shape index (κ2) is 5.91. The summed E-state index contributed by atoms with van der Waals surface area (Å²) < 4.78 is 51.3. The van der Waals surface area contributed by atoms with E-state index in [9.17, 15) is 22.4 Å². The first-order valence-corrected chi connectivity index (χ1v) is 6.35. The minimum atomic E-state index is -4.57. The largest absolute Gasteiger partial charge is 0.416 e. The van der Waals surface area contributed by atoms with Gasteiger partial charge >= 0.3 is 6.18 Å². The maximum Gasteiger partial charge on any atom is 0.416 e. The molecule has 3 nitrogen and oxygen atoms in total. The number of carbonyl (C=O) groups excluding carboxylic acids is 1. The quantitative estimate of drug-likeness (QED) is 0.838. The summed E-state index contributed by atoms with van der Waals surface area (Å²) in [5.41, 5.74) is -1.82. The lowest BCUT2D eigenvalue weighted by Gasteiger charge is -2.24. The molecule has 1 aromatic rings. The van der Waals surface area contributed by atoms with Crippen molar-refractivity contribution in [3.05, 3.63) is 29.6 Å². The lowest BCUT2D eigenvalue weighted by atomic mass is 10.1. The molecular formula is C14H18F4N2O. The van der Waals surface area contributed by atoms with E-state index in [2.05, 4.69) is 10.6 Å². The molecule has 21 heavy (non-hydrogen) atoms. The van der Waals surface area contributed by atoms with E-state index in [1.54, 1.807) is 20.8 Å². The molecule has 1 unspecified atom stereocenters. The van der Waals surface area contributed by atoms with E-state index in [4.69, 9.17) is 0 Å². The van der Waals surface area contributed by atoms with Crippen LogP contribution in [0, 0.1) is 5.82 Å². The molecule has 1 amide bonds. The third-order valence-electron chi connectivity index (χ3n) is 2.56. The number of halogens is 4. The average Bonchev–Trinajstić information content (AvgIpc) is 2.28. The molecule has 7 heteroatoms. The van der Waals surface area contributed by atoms with Gasteiger partial charge in [0.25, 0.3) is 0 Å². The van der Waals surface area contributed by atoms with Gasteiger partial charge in [-0.05, 0) is 45.9 Å². The molecule has 0 saturated heterocycles. The SMILES string of the molecule is CC(Nc1cc(C(F)(F)F)ccc1F)C(=O)NC(C)(C)C. The number of amides is 1. The Morgan fingerprint density at radius 1 is 1.19 bits per heavy atom. The predicted octanol–water partition coefficient (Wildman–Crippen LogP) is 3.56. The Bertz CT molecular complexity index is 521. The zero-order valence-corrected chi connectivity index (χ0v) is 12.2. The van der Waals surface area contributed by atoms with Crippen LogP contribution < -0.4 is 10.6 Å². The standard InChI is InChI=1S/C14H18F4N2O/c1-8(12(21)20-13(2,3)4)19-11-7-9(14(16,17)18)5-6-10(11)15/h5-8,19H,1-4H3,(H,20,21).